The Balaban J connectivity index is 1.69. The third kappa shape index (κ3) is 4.06. The van der Waals surface area contributed by atoms with Gasteiger partial charge in [0.05, 0.1) is 12.4 Å². The van der Waals surface area contributed by atoms with Crippen molar-refractivity contribution in [2.75, 3.05) is 13.7 Å². The van der Waals surface area contributed by atoms with Gasteiger partial charge in [-0.25, -0.2) is 0 Å². The van der Waals surface area contributed by atoms with Gasteiger partial charge in [-0.1, -0.05) is 19.1 Å². The number of aryl methyl sites for hydroxylation is 1. The van der Waals surface area contributed by atoms with Crippen LogP contribution in [0.3, 0.4) is 0 Å². The van der Waals surface area contributed by atoms with Crippen molar-refractivity contribution in [1.29, 1.82) is 0 Å². The second-order valence-corrected chi connectivity index (χ2v) is 10.00. The highest BCUT2D eigenvalue weighted by molar-refractivity contribution is 7.60. The van der Waals surface area contributed by atoms with Crippen LogP contribution in [0, 0.1) is 12.8 Å². The molecule has 4 rings (SSSR count). The lowest BCUT2D eigenvalue weighted by Crippen LogP contribution is -2.36. The number of benzene rings is 2. The van der Waals surface area contributed by atoms with Crippen molar-refractivity contribution in [3.05, 3.63) is 59.3 Å². The lowest BCUT2D eigenvalue weighted by molar-refractivity contribution is 0.110. The SMILES string of the molecule is COc1cc(C)c2[nH]ccc2c1CN1CC[C@@H](C)C[C@H]1c1ccc(P(=O)(O)O)cc1. The second-order valence-electron chi connectivity index (χ2n) is 8.39. The number of aromatic amines is 1. The fraction of sp³-hybridized carbons (Fsp3) is 0.391. The van der Waals surface area contributed by atoms with Gasteiger partial charge < -0.3 is 19.5 Å². The van der Waals surface area contributed by atoms with Gasteiger partial charge in [0.2, 0.25) is 0 Å². The Morgan fingerprint density at radius 1 is 1.23 bits per heavy atom. The molecule has 0 saturated carbocycles. The quantitative estimate of drug-likeness (QED) is 0.529. The molecule has 1 fully saturated rings. The standard InChI is InChI=1S/C23H29N2O4P/c1-15-9-11-25(21(12-15)17-4-6-18(7-5-17)30(26,27)28)14-20-19-8-10-24-23(19)16(2)13-22(20)29-3/h4-8,10,13,15,21,24H,9,11-12,14H2,1-3H3,(H2,26,27,28)/t15-,21+/m1/s1. The smallest absolute Gasteiger partial charge is 0.356 e. The zero-order chi connectivity index (χ0) is 21.5. The van der Waals surface area contributed by atoms with Gasteiger partial charge in [0, 0.05) is 35.2 Å². The van der Waals surface area contributed by atoms with Gasteiger partial charge in [-0.2, -0.15) is 0 Å². The molecule has 1 aliphatic heterocycles. The second kappa shape index (κ2) is 8.20. The molecule has 0 radical (unpaired) electrons. The van der Waals surface area contributed by atoms with Gasteiger partial charge in [0.1, 0.15) is 5.75 Å². The summed E-state index contributed by atoms with van der Waals surface area (Å²) in [5, 5.41) is 1.25. The van der Waals surface area contributed by atoms with Crippen molar-refractivity contribution in [2.45, 2.75) is 39.3 Å². The Morgan fingerprint density at radius 3 is 2.63 bits per heavy atom. The van der Waals surface area contributed by atoms with Crippen molar-refractivity contribution in [1.82, 2.24) is 9.88 Å². The van der Waals surface area contributed by atoms with Crippen LogP contribution >= 0.6 is 7.60 Å². The van der Waals surface area contributed by atoms with Gasteiger partial charge in [0.25, 0.3) is 0 Å². The number of piperidine rings is 1. The maximum Gasteiger partial charge on any atom is 0.356 e. The molecule has 1 saturated heterocycles. The number of nitrogens with one attached hydrogen (secondary N) is 1. The number of hydrogen-bond donors (Lipinski definition) is 3. The molecule has 2 aromatic carbocycles. The minimum absolute atomic E-state index is 0.0656. The zero-order valence-electron chi connectivity index (χ0n) is 17.6. The minimum atomic E-state index is -4.23. The van der Waals surface area contributed by atoms with Crippen LogP contribution in [0.25, 0.3) is 10.9 Å². The van der Waals surface area contributed by atoms with Crippen molar-refractivity contribution in [3.63, 3.8) is 0 Å². The Bertz CT molecular complexity index is 1090. The van der Waals surface area contributed by atoms with Crippen LogP contribution in [0.1, 0.15) is 42.5 Å². The Labute approximate surface area is 177 Å². The Morgan fingerprint density at radius 2 is 1.97 bits per heavy atom. The molecule has 1 aliphatic rings. The van der Waals surface area contributed by atoms with E-state index in [1.54, 1.807) is 19.2 Å². The normalized spacial score (nSPS) is 20.6. The molecule has 30 heavy (non-hydrogen) atoms. The maximum absolute atomic E-state index is 11.5. The summed E-state index contributed by atoms with van der Waals surface area (Å²) in [6.45, 7) is 6.08. The van der Waals surface area contributed by atoms with E-state index < -0.39 is 7.60 Å². The summed E-state index contributed by atoms with van der Waals surface area (Å²) in [6.07, 6.45) is 4.11. The lowest BCUT2D eigenvalue weighted by atomic mass is 9.87. The van der Waals surface area contributed by atoms with E-state index >= 15 is 0 Å². The molecule has 1 aromatic heterocycles. The summed E-state index contributed by atoms with van der Waals surface area (Å²) in [7, 11) is -2.51. The average Bonchev–Trinajstić information content (AvgIpc) is 3.21. The van der Waals surface area contributed by atoms with Crippen LogP contribution in [0.15, 0.2) is 42.6 Å². The van der Waals surface area contributed by atoms with Gasteiger partial charge in [-0.15, -0.1) is 0 Å². The van der Waals surface area contributed by atoms with E-state index in [1.165, 1.54) is 10.9 Å². The van der Waals surface area contributed by atoms with Crippen LogP contribution in [-0.2, 0) is 11.1 Å². The number of ether oxygens (including phenoxy) is 1. The number of H-pyrrole nitrogens is 1. The summed E-state index contributed by atoms with van der Waals surface area (Å²) in [6, 6.07) is 11.2. The van der Waals surface area contributed by atoms with Crippen LogP contribution in [0.2, 0.25) is 0 Å². The molecule has 2 atom stereocenters. The first kappa shape index (κ1) is 21.1. The molecule has 3 aromatic rings. The van der Waals surface area contributed by atoms with E-state index in [2.05, 4.69) is 35.9 Å². The Kier molecular flexibility index (Phi) is 5.78. The van der Waals surface area contributed by atoms with Crippen LogP contribution in [0.5, 0.6) is 5.75 Å². The number of fused-ring (bicyclic) bond motifs is 1. The number of nitrogens with zero attached hydrogens (tertiary/aromatic N) is 1. The van der Waals surface area contributed by atoms with E-state index in [-0.39, 0.29) is 11.3 Å². The number of methoxy groups -OCH3 is 1. The molecule has 7 heteroatoms. The number of aromatic nitrogens is 1. The highest BCUT2D eigenvalue weighted by atomic mass is 31.2. The zero-order valence-corrected chi connectivity index (χ0v) is 18.5. The molecule has 6 nitrogen and oxygen atoms in total. The summed E-state index contributed by atoms with van der Waals surface area (Å²) in [5.74, 6) is 1.49. The van der Waals surface area contributed by atoms with Crippen LogP contribution < -0.4 is 10.0 Å². The Hall–Kier alpha value is -2.11. The molecular weight excluding hydrogens is 399 g/mol. The topological polar surface area (TPSA) is 85.8 Å². The van der Waals surface area contributed by atoms with Crippen molar-refractivity contribution in [3.8, 4) is 5.75 Å². The highest BCUT2D eigenvalue weighted by Gasteiger charge is 2.29. The highest BCUT2D eigenvalue weighted by Crippen LogP contribution is 2.39. The minimum Gasteiger partial charge on any atom is -0.496 e. The average molecular weight is 428 g/mol. The summed E-state index contributed by atoms with van der Waals surface area (Å²) in [5.41, 5.74) is 4.56. The molecule has 0 spiro atoms. The summed E-state index contributed by atoms with van der Waals surface area (Å²) < 4.78 is 17.3. The molecule has 3 N–H and O–H groups in total. The van der Waals surface area contributed by atoms with E-state index in [9.17, 15) is 14.4 Å². The maximum atomic E-state index is 11.5. The van der Waals surface area contributed by atoms with Crippen LogP contribution in [-0.4, -0.2) is 33.3 Å². The molecular formula is C23H29N2O4P. The van der Waals surface area contributed by atoms with E-state index in [0.717, 1.165) is 48.3 Å². The van der Waals surface area contributed by atoms with E-state index in [1.807, 2.05) is 18.3 Å². The van der Waals surface area contributed by atoms with E-state index in [0.29, 0.717) is 5.92 Å². The first-order valence-corrected chi connectivity index (χ1v) is 11.9. The molecule has 0 bridgehead atoms. The van der Waals surface area contributed by atoms with Gasteiger partial charge >= 0.3 is 7.60 Å². The van der Waals surface area contributed by atoms with Crippen LogP contribution in [0.4, 0.5) is 0 Å². The van der Waals surface area contributed by atoms with Crippen molar-refractivity contribution in [2.24, 2.45) is 5.92 Å². The third-order valence-corrected chi connectivity index (χ3v) is 7.25. The summed E-state index contributed by atoms with van der Waals surface area (Å²) >= 11 is 0. The van der Waals surface area contributed by atoms with Crippen molar-refractivity contribution >= 4 is 23.8 Å². The largest absolute Gasteiger partial charge is 0.496 e. The third-order valence-electron chi connectivity index (χ3n) is 6.28. The predicted molar refractivity (Wildman–Crippen MR) is 119 cm³/mol. The molecule has 0 aliphatic carbocycles. The van der Waals surface area contributed by atoms with Gasteiger partial charge in [0.15, 0.2) is 0 Å². The molecule has 2 heterocycles. The summed E-state index contributed by atoms with van der Waals surface area (Å²) in [4.78, 5) is 24.6. The van der Waals surface area contributed by atoms with E-state index in [4.69, 9.17) is 4.74 Å². The number of rotatable bonds is 5. The number of likely N-dealkylation sites (tertiary alicyclic amines) is 1. The van der Waals surface area contributed by atoms with Gasteiger partial charge in [-0.05, 0) is 67.6 Å². The lowest BCUT2D eigenvalue weighted by Gasteiger charge is -2.39. The molecule has 0 amide bonds. The fourth-order valence-corrected chi connectivity index (χ4v) is 5.14. The van der Waals surface area contributed by atoms with Gasteiger partial charge in [-0.3, -0.25) is 9.46 Å². The first-order valence-electron chi connectivity index (χ1n) is 10.3. The van der Waals surface area contributed by atoms with Crippen molar-refractivity contribution < 1.29 is 19.1 Å². The number of hydrogen-bond acceptors (Lipinski definition) is 3. The predicted octanol–water partition coefficient (Wildman–Crippen LogP) is 4.26. The fourth-order valence-electron chi connectivity index (χ4n) is 4.60. The first-order chi connectivity index (χ1) is 14.3. The molecule has 160 valence electrons. The molecule has 0 unspecified atom stereocenters. The monoisotopic (exact) mass is 428 g/mol.